The first-order valence-electron chi connectivity index (χ1n) is 6.92. The second-order valence-corrected chi connectivity index (χ2v) is 6.04. The lowest BCUT2D eigenvalue weighted by molar-refractivity contribution is -0.121. The first-order valence-corrected chi connectivity index (χ1v) is 6.92. The number of carbonyl (C=O) groups is 1. The Hall–Kier alpha value is -1.29. The molecule has 1 unspecified atom stereocenters. The van der Waals surface area contributed by atoms with Crippen molar-refractivity contribution in [2.45, 2.75) is 46.6 Å². The van der Waals surface area contributed by atoms with E-state index in [0.717, 1.165) is 18.6 Å². The van der Waals surface area contributed by atoms with Crippen molar-refractivity contribution >= 4 is 5.91 Å². The third kappa shape index (κ3) is 5.92. The summed E-state index contributed by atoms with van der Waals surface area (Å²) in [5, 5.41) is 2.87. The number of nitrogens with two attached hydrogens (primary N) is 1. The number of rotatable bonds is 7. The van der Waals surface area contributed by atoms with E-state index in [1.807, 2.05) is 12.1 Å². The molecule has 0 fully saturated rings. The molecule has 19 heavy (non-hydrogen) atoms. The minimum absolute atomic E-state index is 0.0719. The number of nitrogens with one attached hydrogen (secondary N) is 1. The highest BCUT2D eigenvalue weighted by molar-refractivity contribution is 5.75. The average Bonchev–Trinajstić information content (AvgIpc) is 2.83. The summed E-state index contributed by atoms with van der Waals surface area (Å²) in [7, 11) is 0. The number of carbonyl (C=O) groups excluding carboxylic acids is 1. The van der Waals surface area contributed by atoms with E-state index < -0.39 is 0 Å². The molecule has 0 aliphatic carbocycles. The number of hydrogen-bond acceptors (Lipinski definition) is 3. The van der Waals surface area contributed by atoms with E-state index in [-0.39, 0.29) is 11.3 Å². The van der Waals surface area contributed by atoms with E-state index in [9.17, 15) is 4.79 Å². The molecule has 0 aliphatic rings. The molecular formula is C15H26N2O2. The lowest BCUT2D eigenvalue weighted by Crippen LogP contribution is -2.27. The molecule has 1 heterocycles. The maximum Gasteiger partial charge on any atom is 0.220 e. The fourth-order valence-corrected chi connectivity index (χ4v) is 2.20. The summed E-state index contributed by atoms with van der Waals surface area (Å²) in [5.41, 5.74) is 5.84. The van der Waals surface area contributed by atoms with Crippen molar-refractivity contribution in [3.63, 3.8) is 0 Å². The van der Waals surface area contributed by atoms with Crippen LogP contribution in [0.3, 0.4) is 0 Å². The van der Waals surface area contributed by atoms with E-state index in [2.05, 4.69) is 26.1 Å². The Bertz CT molecular complexity index is 366. The highest BCUT2D eigenvalue weighted by Gasteiger charge is 2.24. The van der Waals surface area contributed by atoms with Crippen molar-refractivity contribution in [1.29, 1.82) is 0 Å². The van der Waals surface area contributed by atoms with Crippen molar-refractivity contribution in [2.75, 3.05) is 6.54 Å². The topological polar surface area (TPSA) is 68.3 Å². The second-order valence-electron chi connectivity index (χ2n) is 6.04. The molecule has 0 aromatic carbocycles. The molecule has 0 radical (unpaired) electrons. The standard InChI is InChI=1S/C15H26N2O2/c1-15(2,3)12(8-9-16)6-7-14(18)17-11-13-5-4-10-19-13/h4-5,10,12H,6-9,11,16H2,1-3H3,(H,17,18). The summed E-state index contributed by atoms with van der Waals surface area (Å²) in [5.74, 6) is 1.33. The van der Waals surface area contributed by atoms with Crippen LogP contribution in [0.1, 0.15) is 45.8 Å². The minimum atomic E-state index is 0.0719. The van der Waals surface area contributed by atoms with Crippen LogP contribution in [-0.4, -0.2) is 12.5 Å². The van der Waals surface area contributed by atoms with Gasteiger partial charge in [0, 0.05) is 6.42 Å². The van der Waals surface area contributed by atoms with Gasteiger partial charge in [0.15, 0.2) is 0 Å². The first-order chi connectivity index (χ1) is 8.93. The molecule has 3 N–H and O–H groups in total. The molecule has 108 valence electrons. The Morgan fingerprint density at radius 3 is 2.68 bits per heavy atom. The van der Waals surface area contributed by atoms with Crippen molar-refractivity contribution in [3.05, 3.63) is 24.2 Å². The summed E-state index contributed by atoms with van der Waals surface area (Å²) in [6.45, 7) is 7.75. The zero-order chi connectivity index (χ0) is 14.3. The van der Waals surface area contributed by atoms with Gasteiger partial charge in [-0.2, -0.15) is 0 Å². The lowest BCUT2D eigenvalue weighted by atomic mass is 9.76. The van der Waals surface area contributed by atoms with Crippen LogP contribution in [0.4, 0.5) is 0 Å². The minimum Gasteiger partial charge on any atom is -0.467 e. The van der Waals surface area contributed by atoms with Crippen LogP contribution in [0.5, 0.6) is 0 Å². The third-order valence-electron chi connectivity index (χ3n) is 3.50. The molecule has 4 nitrogen and oxygen atoms in total. The van der Waals surface area contributed by atoms with Crippen LogP contribution in [0.2, 0.25) is 0 Å². The van der Waals surface area contributed by atoms with Crippen LogP contribution < -0.4 is 11.1 Å². The van der Waals surface area contributed by atoms with Gasteiger partial charge in [-0.1, -0.05) is 20.8 Å². The molecule has 1 aromatic rings. The van der Waals surface area contributed by atoms with Crippen LogP contribution in [0, 0.1) is 11.3 Å². The summed E-state index contributed by atoms with van der Waals surface area (Å²) in [4.78, 5) is 11.8. The number of furan rings is 1. The summed E-state index contributed by atoms with van der Waals surface area (Å²) in [6.07, 6.45) is 4.00. The Kier molecular flexibility index (Phi) is 6.09. The zero-order valence-electron chi connectivity index (χ0n) is 12.2. The van der Waals surface area contributed by atoms with Crippen LogP contribution in [0.25, 0.3) is 0 Å². The van der Waals surface area contributed by atoms with Gasteiger partial charge in [-0.3, -0.25) is 4.79 Å². The Morgan fingerprint density at radius 2 is 2.16 bits per heavy atom. The van der Waals surface area contributed by atoms with Gasteiger partial charge in [0.1, 0.15) is 5.76 Å². The lowest BCUT2D eigenvalue weighted by Gasteiger charge is -2.30. The smallest absolute Gasteiger partial charge is 0.220 e. The normalized spacial score (nSPS) is 13.3. The summed E-state index contributed by atoms with van der Waals surface area (Å²) < 4.78 is 5.17. The summed E-state index contributed by atoms with van der Waals surface area (Å²) in [6, 6.07) is 3.67. The molecule has 0 spiro atoms. The van der Waals surface area contributed by atoms with Crippen LogP contribution >= 0.6 is 0 Å². The highest BCUT2D eigenvalue weighted by atomic mass is 16.3. The van der Waals surface area contributed by atoms with Crippen molar-refractivity contribution in [2.24, 2.45) is 17.1 Å². The Morgan fingerprint density at radius 1 is 1.42 bits per heavy atom. The molecule has 4 heteroatoms. The largest absolute Gasteiger partial charge is 0.467 e. The van der Waals surface area contributed by atoms with Gasteiger partial charge < -0.3 is 15.5 Å². The van der Waals surface area contributed by atoms with Gasteiger partial charge in [0.05, 0.1) is 12.8 Å². The zero-order valence-corrected chi connectivity index (χ0v) is 12.2. The highest BCUT2D eigenvalue weighted by Crippen LogP contribution is 2.31. The third-order valence-corrected chi connectivity index (χ3v) is 3.50. The van der Waals surface area contributed by atoms with Crippen LogP contribution in [-0.2, 0) is 11.3 Å². The predicted molar refractivity (Wildman–Crippen MR) is 76.4 cm³/mol. The van der Waals surface area contributed by atoms with E-state index >= 15 is 0 Å². The predicted octanol–water partition coefficient (Wildman–Crippen LogP) is 2.69. The number of hydrogen-bond donors (Lipinski definition) is 2. The maximum atomic E-state index is 11.8. The van der Waals surface area contributed by atoms with Crippen molar-refractivity contribution < 1.29 is 9.21 Å². The van der Waals surface area contributed by atoms with Gasteiger partial charge in [-0.25, -0.2) is 0 Å². The molecule has 1 aromatic heterocycles. The fourth-order valence-electron chi connectivity index (χ4n) is 2.20. The fraction of sp³-hybridized carbons (Fsp3) is 0.667. The Balaban J connectivity index is 2.31. The Labute approximate surface area is 115 Å². The quantitative estimate of drug-likeness (QED) is 0.797. The average molecular weight is 266 g/mol. The molecule has 1 atom stereocenters. The van der Waals surface area contributed by atoms with Gasteiger partial charge in [-0.15, -0.1) is 0 Å². The SMILES string of the molecule is CC(C)(C)C(CCN)CCC(=O)NCc1ccco1. The van der Waals surface area contributed by atoms with Gasteiger partial charge in [-0.05, 0) is 42.9 Å². The summed E-state index contributed by atoms with van der Waals surface area (Å²) >= 11 is 0. The molecule has 0 aliphatic heterocycles. The maximum absolute atomic E-state index is 11.8. The van der Waals surface area contributed by atoms with Crippen molar-refractivity contribution in [3.8, 4) is 0 Å². The second kappa shape index (κ2) is 7.34. The van der Waals surface area contributed by atoms with Crippen LogP contribution in [0.15, 0.2) is 22.8 Å². The molecule has 0 saturated carbocycles. The van der Waals surface area contributed by atoms with E-state index in [0.29, 0.717) is 25.4 Å². The molecule has 1 rings (SSSR count). The van der Waals surface area contributed by atoms with Crippen molar-refractivity contribution in [1.82, 2.24) is 5.32 Å². The first kappa shape index (κ1) is 15.8. The van der Waals surface area contributed by atoms with E-state index in [1.165, 1.54) is 0 Å². The van der Waals surface area contributed by atoms with Gasteiger partial charge >= 0.3 is 0 Å². The van der Waals surface area contributed by atoms with Gasteiger partial charge in [0.25, 0.3) is 0 Å². The molecule has 1 amide bonds. The molecule has 0 saturated heterocycles. The molecular weight excluding hydrogens is 240 g/mol. The van der Waals surface area contributed by atoms with Gasteiger partial charge in [0.2, 0.25) is 5.91 Å². The molecule has 0 bridgehead atoms. The van der Waals surface area contributed by atoms with E-state index in [4.69, 9.17) is 10.2 Å². The monoisotopic (exact) mass is 266 g/mol. The van der Waals surface area contributed by atoms with E-state index in [1.54, 1.807) is 6.26 Å². The number of amides is 1.